The van der Waals surface area contributed by atoms with Gasteiger partial charge in [0.2, 0.25) is 10.0 Å². The summed E-state index contributed by atoms with van der Waals surface area (Å²) in [5.41, 5.74) is -0.468. The van der Waals surface area contributed by atoms with Crippen molar-refractivity contribution in [2.75, 3.05) is 16.5 Å². The standard InChI is InChI=1S/C8H9BrN2O5S/c1-16-6-2-3-7(8(4-6)11(12)13)10-17(14,15)5-9/h2-4,10H,5H2,1H3. The third-order valence-electron chi connectivity index (χ3n) is 1.81. The molecule has 0 radical (unpaired) electrons. The van der Waals surface area contributed by atoms with Crippen LogP contribution >= 0.6 is 15.9 Å². The number of nitrogens with one attached hydrogen (secondary N) is 1. The molecular weight excluding hydrogens is 316 g/mol. The summed E-state index contributed by atoms with van der Waals surface area (Å²) in [5.74, 6) is 0.276. The molecule has 9 heteroatoms. The molecule has 0 aromatic heterocycles. The molecule has 7 nitrogen and oxygen atoms in total. The fraction of sp³-hybridized carbons (Fsp3) is 0.250. The number of benzene rings is 1. The quantitative estimate of drug-likeness (QED) is 0.505. The Morgan fingerprint density at radius 3 is 2.65 bits per heavy atom. The van der Waals surface area contributed by atoms with Gasteiger partial charge in [-0.05, 0) is 12.1 Å². The molecule has 0 fully saturated rings. The van der Waals surface area contributed by atoms with E-state index in [9.17, 15) is 18.5 Å². The number of nitrogens with zero attached hydrogens (tertiary/aromatic N) is 1. The van der Waals surface area contributed by atoms with E-state index < -0.39 is 14.9 Å². The minimum Gasteiger partial charge on any atom is -0.496 e. The van der Waals surface area contributed by atoms with Gasteiger partial charge in [-0.15, -0.1) is 0 Å². The lowest BCUT2D eigenvalue weighted by Crippen LogP contribution is -2.14. The second-order valence-corrected chi connectivity index (χ2v) is 5.99. The van der Waals surface area contributed by atoms with E-state index in [1.807, 2.05) is 0 Å². The molecule has 0 heterocycles. The molecule has 1 rings (SSSR count). The number of methoxy groups -OCH3 is 1. The molecule has 1 aromatic rings. The lowest BCUT2D eigenvalue weighted by Gasteiger charge is -2.07. The number of alkyl halides is 1. The highest BCUT2D eigenvalue weighted by atomic mass is 79.9. The minimum absolute atomic E-state index is 0.102. The van der Waals surface area contributed by atoms with Crippen molar-refractivity contribution in [3.05, 3.63) is 28.3 Å². The Hall–Kier alpha value is -1.35. The Morgan fingerprint density at radius 1 is 1.53 bits per heavy atom. The first-order chi connectivity index (χ1) is 7.89. The van der Waals surface area contributed by atoms with E-state index in [1.54, 1.807) is 0 Å². The summed E-state index contributed by atoms with van der Waals surface area (Å²) in [6.45, 7) is 0. The van der Waals surface area contributed by atoms with Crippen molar-refractivity contribution >= 4 is 37.3 Å². The van der Waals surface area contributed by atoms with Gasteiger partial charge >= 0.3 is 0 Å². The molecule has 94 valence electrons. The predicted octanol–water partition coefficient (Wildman–Crippen LogP) is 1.70. The van der Waals surface area contributed by atoms with Gasteiger partial charge < -0.3 is 4.74 Å². The van der Waals surface area contributed by atoms with Gasteiger partial charge in [0.25, 0.3) is 5.69 Å². The molecular formula is C8H9BrN2O5S. The summed E-state index contributed by atoms with van der Waals surface area (Å²) in [6.07, 6.45) is 0. The Labute approximate surface area is 106 Å². The van der Waals surface area contributed by atoms with Crippen LogP contribution in [0.3, 0.4) is 0 Å². The van der Waals surface area contributed by atoms with E-state index >= 15 is 0 Å². The normalized spacial score (nSPS) is 10.9. The van der Waals surface area contributed by atoms with E-state index in [0.29, 0.717) is 0 Å². The van der Waals surface area contributed by atoms with Crippen LogP contribution in [-0.2, 0) is 10.0 Å². The SMILES string of the molecule is COc1ccc(NS(=O)(=O)CBr)c([N+](=O)[O-])c1. The molecule has 0 spiro atoms. The Morgan fingerprint density at radius 2 is 2.18 bits per heavy atom. The number of rotatable bonds is 5. The average Bonchev–Trinajstić information content (AvgIpc) is 2.29. The van der Waals surface area contributed by atoms with Crippen LogP contribution in [0.25, 0.3) is 0 Å². The van der Waals surface area contributed by atoms with Crippen molar-refractivity contribution in [3.63, 3.8) is 0 Å². The molecule has 0 amide bonds. The number of nitro groups is 1. The van der Waals surface area contributed by atoms with Crippen molar-refractivity contribution in [2.45, 2.75) is 0 Å². The molecule has 17 heavy (non-hydrogen) atoms. The lowest BCUT2D eigenvalue weighted by atomic mass is 10.2. The summed E-state index contributed by atoms with van der Waals surface area (Å²) in [4.78, 5) is 10.1. The fourth-order valence-corrected chi connectivity index (χ4v) is 1.98. The number of hydrogen-bond acceptors (Lipinski definition) is 5. The van der Waals surface area contributed by atoms with Crippen LogP contribution in [0.2, 0.25) is 0 Å². The van der Waals surface area contributed by atoms with E-state index in [4.69, 9.17) is 4.74 Å². The molecule has 0 atom stereocenters. The Balaban J connectivity index is 3.20. The van der Waals surface area contributed by atoms with Gasteiger partial charge in [-0.3, -0.25) is 14.8 Å². The molecule has 1 N–H and O–H groups in total. The Bertz CT molecular complexity index is 531. The van der Waals surface area contributed by atoms with Crippen LogP contribution in [0.5, 0.6) is 5.75 Å². The summed E-state index contributed by atoms with van der Waals surface area (Å²) in [7, 11) is -2.26. The van der Waals surface area contributed by atoms with Crippen LogP contribution in [-0.4, -0.2) is 25.1 Å². The van der Waals surface area contributed by atoms with Crippen molar-refractivity contribution < 1.29 is 18.1 Å². The highest BCUT2D eigenvalue weighted by Crippen LogP contribution is 2.29. The number of nitro benzene ring substituents is 1. The maximum Gasteiger partial charge on any atom is 0.297 e. The first-order valence-electron chi connectivity index (χ1n) is 4.28. The summed E-state index contributed by atoms with van der Waals surface area (Å²) in [5, 5.41) is 10.8. The summed E-state index contributed by atoms with van der Waals surface area (Å²) < 4.78 is 29.2. The smallest absolute Gasteiger partial charge is 0.297 e. The highest BCUT2D eigenvalue weighted by molar-refractivity contribution is 9.10. The second-order valence-electron chi connectivity index (χ2n) is 2.97. The van der Waals surface area contributed by atoms with Crippen molar-refractivity contribution in [2.24, 2.45) is 0 Å². The zero-order valence-electron chi connectivity index (χ0n) is 8.71. The maximum absolute atomic E-state index is 11.3. The van der Waals surface area contributed by atoms with Gasteiger partial charge in [0, 0.05) is 0 Å². The number of hydrogen-bond donors (Lipinski definition) is 1. The summed E-state index contributed by atoms with van der Waals surface area (Å²) >= 11 is 2.77. The largest absolute Gasteiger partial charge is 0.496 e. The van der Waals surface area contributed by atoms with Crippen LogP contribution < -0.4 is 9.46 Å². The van der Waals surface area contributed by atoms with Crippen LogP contribution in [0.4, 0.5) is 11.4 Å². The first-order valence-corrected chi connectivity index (χ1v) is 7.06. The van der Waals surface area contributed by atoms with E-state index in [2.05, 4.69) is 20.7 Å². The van der Waals surface area contributed by atoms with Gasteiger partial charge in [0.1, 0.15) is 16.1 Å². The van der Waals surface area contributed by atoms with Gasteiger partial charge in [-0.1, -0.05) is 15.9 Å². The summed E-state index contributed by atoms with van der Waals surface area (Å²) in [6, 6.07) is 3.85. The molecule has 0 saturated heterocycles. The molecule has 0 aliphatic heterocycles. The number of anilines is 1. The van der Waals surface area contributed by atoms with Gasteiger partial charge in [0.05, 0.1) is 18.1 Å². The maximum atomic E-state index is 11.3. The van der Waals surface area contributed by atoms with E-state index in [1.165, 1.54) is 19.2 Å². The zero-order valence-corrected chi connectivity index (χ0v) is 11.1. The second kappa shape index (κ2) is 5.32. The highest BCUT2D eigenvalue weighted by Gasteiger charge is 2.19. The topological polar surface area (TPSA) is 98.5 Å². The van der Waals surface area contributed by atoms with Gasteiger partial charge in [-0.25, -0.2) is 8.42 Å². The average molecular weight is 325 g/mol. The first kappa shape index (κ1) is 13.7. The third kappa shape index (κ3) is 3.56. The zero-order chi connectivity index (χ0) is 13.1. The van der Waals surface area contributed by atoms with Crippen LogP contribution in [0, 0.1) is 10.1 Å². The minimum atomic E-state index is -3.63. The van der Waals surface area contributed by atoms with Crippen molar-refractivity contribution in [1.82, 2.24) is 0 Å². The Kier molecular flexibility index (Phi) is 4.29. The number of halogens is 1. The molecule has 0 saturated carbocycles. The van der Waals surface area contributed by atoms with E-state index in [0.717, 1.165) is 6.07 Å². The lowest BCUT2D eigenvalue weighted by molar-refractivity contribution is -0.384. The van der Waals surface area contributed by atoms with E-state index in [-0.39, 0.29) is 21.8 Å². The van der Waals surface area contributed by atoms with Crippen molar-refractivity contribution in [1.29, 1.82) is 0 Å². The van der Waals surface area contributed by atoms with Gasteiger partial charge in [0.15, 0.2) is 0 Å². The van der Waals surface area contributed by atoms with Crippen molar-refractivity contribution in [3.8, 4) is 5.75 Å². The molecule has 0 bridgehead atoms. The number of ether oxygens (including phenoxy) is 1. The molecule has 0 unspecified atom stereocenters. The molecule has 0 aliphatic rings. The number of sulfonamides is 1. The monoisotopic (exact) mass is 324 g/mol. The third-order valence-corrected chi connectivity index (χ3v) is 4.44. The fourth-order valence-electron chi connectivity index (χ4n) is 1.07. The molecule has 1 aromatic carbocycles. The van der Waals surface area contributed by atoms with Gasteiger partial charge in [-0.2, -0.15) is 0 Å². The predicted molar refractivity (Wildman–Crippen MR) is 66.0 cm³/mol. The van der Waals surface area contributed by atoms with Crippen LogP contribution in [0.15, 0.2) is 18.2 Å². The molecule has 0 aliphatic carbocycles. The van der Waals surface area contributed by atoms with Crippen LogP contribution in [0.1, 0.15) is 0 Å².